The van der Waals surface area contributed by atoms with Gasteiger partial charge in [-0.05, 0) is 6.92 Å². The van der Waals surface area contributed by atoms with Gasteiger partial charge in [-0.2, -0.15) is 16.9 Å². The van der Waals surface area contributed by atoms with E-state index in [1.807, 2.05) is 25.7 Å². The van der Waals surface area contributed by atoms with Crippen LogP contribution in [0.1, 0.15) is 11.3 Å². The van der Waals surface area contributed by atoms with E-state index in [2.05, 4.69) is 15.0 Å². The molecule has 1 aliphatic heterocycles. The number of nitrogens with two attached hydrogens (primary N) is 1. The van der Waals surface area contributed by atoms with Gasteiger partial charge in [-0.3, -0.25) is 0 Å². The number of rotatable bonds is 3. The van der Waals surface area contributed by atoms with Gasteiger partial charge >= 0.3 is 0 Å². The van der Waals surface area contributed by atoms with Gasteiger partial charge in [-0.25, -0.2) is 9.67 Å². The Morgan fingerprint density at radius 3 is 2.79 bits per heavy atom. The maximum atomic E-state index is 6.04. The molecule has 1 aromatic heterocycles. The van der Waals surface area contributed by atoms with Crippen LogP contribution in [0.5, 0.6) is 5.88 Å². The molecule has 7 heteroatoms. The minimum atomic E-state index is 0.512. The summed E-state index contributed by atoms with van der Waals surface area (Å²) < 4.78 is 7.08. The van der Waals surface area contributed by atoms with E-state index >= 15 is 0 Å². The van der Waals surface area contributed by atoms with Crippen molar-refractivity contribution in [3.05, 3.63) is 11.3 Å². The minimum absolute atomic E-state index is 0.512. The highest BCUT2D eigenvalue weighted by Crippen LogP contribution is 2.21. The van der Waals surface area contributed by atoms with Gasteiger partial charge in [-0.15, -0.1) is 0 Å². The number of hydrogen-bond donors (Lipinski definition) is 1. The van der Waals surface area contributed by atoms with Crippen molar-refractivity contribution in [1.29, 1.82) is 0 Å². The Balaban J connectivity index is 2.08. The summed E-state index contributed by atoms with van der Waals surface area (Å²) in [5, 5.41) is 4.34. The second-order valence-electron chi connectivity index (χ2n) is 4.47. The minimum Gasteiger partial charge on any atom is -0.481 e. The number of hydrogen-bond acceptors (Lipinski definition) is 4. The average Bonchev–Trinajstić information content (AvgIpc) is 2.70. The molecule has 2 heterocycles. The summed E-state index contributed by atoms with van der Waals surface area (Å²) >= 11 is 1.96. The molecule has 0 atom stereocenters. The molecule has 0 aliphatic carbocycles. The zero-order chi connectivity index (χ0) is 13.8. The molecule has 0 unspecified atom stereocenters. The molecule has 6 nitrogen and oxygen atoms in total. The standard InChI is InChI=1S/C12H21N5OS/c1-9-10(11(18-3)16(2)15-9)8-14-12(13)17-4-6-19-7-5-17/h4-8H2,1-3H3,(H2,13,14). The number of aryl methyl sites for hydroxylation is 2. The van der Waals surface area contributed by atoms with Crippen molar-refractivity contribution in [3.8, 4) is 5.88 Å². The van der Waals surface area contributed by atoms with Crippen LogP contribution in [-0.4, -0.2) is 52.3 Å². The summed E-state index contributed by atoms with van der Waals surface area (Å²) in [5.74, 6) is 3.60. The molecule has 2 N–H and O–H groups in total. The Morgan fingerprint density at radius 1 is 1.47 bits per heavy atom. The molecule has 2 rings (SSSR count). The van der Waals surface area contributed by atoms with E-state index in [0.29, 0.717) is 12.5 Å². The van der Waals surface area contributed by atoms with Gasteiger partial charge in [-0.1, -0.05) is 0 Å². The van der Waals surface area contributed by atoms with Crippen molar-refractivity contribution in [2.45, 2.75) is 13.5 Å². The normalized spacial score (nSPS) is 16.8. The van der Waals surface area contributed by atoms with Crippen molar-refractivity contribution in [2.24, 2.45) is 17.8 Å². The van der Waals surface area contributed by atoms with Crippen molar-refractivity contribution >= 4 is 17.7 Å². The molecule has 1 aliphatic rings. The summed E-state index contributed by atoms with van der Waals surface area (Å²) in [7, 11) is 3.51. The fraction of sp³-hybridized carbons (Fsp3) is 0.667. The van der Waals surface area contributed by atoms with Gasteiger partial charge < -0.3 is 15.4 Å². The predicted octanol–water partition coefficient (Wildman–Crippen LogP) is 0.601. The zero-order valence-corrected chi connectivity index (χ0v) is 12.5. The smallest absolute Gasteiger partial charge is 0.216 e. The third kappa shape index (κ3) is 3.15. The lowest BCUT2D eigenvalue weighted by Crippen LogP contribution is -2.42. The fourth-order valence-electron chi connectivity index (χ4n) is 2.17. The molecule has 1 aromatic rings. The SMILES string of the molecule is COc1c(CN=C(N)N2CCSCC2)c(C)nn1C. The number of aromatic nitrogens is 2. The van der Waals surface area contributed by atoms with Crippen LogP contribution < -0.4 is 10.5 Å². The van der Waals surface area contributed by atoms with Crippen molar-refractivity contribution in [2.75, 3.05) is 31.7 Å². The number of aliphatic imine (C=N–C) groups is 1. The summed E-state index contributed by atoms with van der Waals surface area (Å²) in [6, 6.07) is 0. The van der Waals surface area contributed by atoms with Crippen LogP contribution in [0.3, 0.4) is 0 Å². The van der Waals surface area contributed by atoms with Gasteiger partial charge in [0.15, 0.2) is 5.96 Å². The Hall–Kier alpha value is -1.37. The predicted molar refractivity (Wildman–Crippen MR) is 78.7 cm³/mol. The van der Waals surface area contributed by atoms with Crippen LogP contribution in [0.15, 0.2) is 4.99 Å². The first kappa shape index (κ1) is 14.0. The largest absolute Gasteiger partial charge is 0.481 e. The highest BCUT2D eigenvalue weighted by atomic mass is 32.2. The Morgan fingerprint density at radius 2 is 2.16 bits per heavy atom. The molecule has 106 valence electrons. The highest BCUT2D eigenvalue weighted by Gasteiger charge is 2.15. The lowest BCUT2D eigenvalue weighted by atomic mass is 10.2. The number of methoxy groups -OCH3 is 1. The van der Waals surface area contributed by atoms with E-state index in [0.717, 1.165) is 41.7 Å². The van der Waals surface area contributed by atoms with Gasteiger partial charge in [0, 0.05) is 31.6 Å². The first-order valence-corrected chi connectivity index (χ1v) is 7.48. The second kappa shape index (κ2) is 6.18. The van der Waals surface area contributed by atoms with Gasteiger partial charge in [0.2, 0.25) is 5.88 Å². The van der Waals surface area contributed by atoms with E-state index in [-0.39, 0.29) is 0 Å². The van der Waals surface area contributed by atoms with Gasteiger partial charge in [0.1, 0.15) is 0 Å². The zero-order valence-electron chi connectivity index (χ0n) is 11.7. The van der Waals surface area contributed by atoms with Crippen LogP contribution in [0.2, 0.25) is 0 Å². The first-order valence-electron chi connectivity index (χ1n) is 6.32. The molecule has 0 bridgehead atoms. The number of guanidine groups is 1. The highest BCUT2D eigenvalue weighted by molar-refractivity contribution is 7.99. The Bertz CT molecular complexity index is 465. The molecule has 0 saturated carbocycles. The molecule has 1 saturated heterocycles. The van der Waals surface area contributed by atoms with E-state index in [4.69, 9.17) is 10.5 Å². The molecule has 0 spiro atoms. The summed E-state index contributed by atoms with van der Waals surface area (Å²) in [4.78, 5) is 6.61. The van der Waals surface area contributed by atoms with Crippen LogP contribution in [0, 0.1) is 6.92 Å². The fourth-order valence-corrected chi connectivity index (χ4v) is 3.07. The van der Waals surface area contributed by atoms with E-state index in [1.54, 1.807) is 11.8 Å². The number of nitrogens with zero attached hydrogens (tertiary/aromatic N) is 4. The van der Waals surface area contributed by atoms with Crippen molar-refractivity contribution in [3.63, 3.8) is 0 Å². The second-order valence-corrected chi connectivity index (χ2v) is 5.70. The molecular formula is C12H21N5OS. The van der Waals surface area contributed by atoms with Crippen LogP contribution >= 0.6 is 11.8 Å². The first-order chi connectivity index (χ1) is 9.13. The van der Waals surface area contributed by atoms with E-state index < -0.39 is 0 Å². The van der Waals surface area contributed by atoms with Crippen molar-refractivity contribution in [1.82, 2.24) is 14.7 Å². The molecule has 1 fully saturated rings. The van der Waals surface area contributed by atoms with E-state index in [1.165, 1.54) is 0 Å². The summed E-state index contributed by atoms with van der Waals surface area (Å²) in [6.45, 7) is 4.42. The average molecular weight is 283 g/mol. The number of thioether (sulfide) groups is 1. The van der Waals surface area contributed by atoms with Crippen LogP contribution in [0.4, 0.5) is 0 Å². The Kier molecular flexibility index (Phi) is 4.57. The van der Waals surface area contributed by atoms with E-state index in [9.17, 15) is 0 Å². The third-order valence-corrected chi connectivity index (χ3v) is 4.16. The van der Waals surface area contributed by atoms with Crippen LogP contribution in [0.25, 0.3) is 0 Å². The molecule has 0 radical (unpaired) electrons. The lowest BCUT2D eigenvalue weighted by Gasteiger charge is -2.27. The molecule has 0 amide bonds. The monoisotopic (exact) mass is 283 g/mol. The number of ether oxygens (including phenoxy) is 1. The molecule has 0 aromatic carbocycles. The Labute approximate surface area is 118 Å². The topological polar surface area (TPSA) is 68.7 Å². The third-order valence-electron chi connectivity index (χ3n) is 3.22. The van der Waals surface area contributed by atoms with Gasteiger partial charge in [0.05, 0.1) is 24.9 Å². The quantitative estimate of drug-likeness (QED) is 0.650. The molecular weight excluding hydrogens is 262 g/mol. The van der Waals surface area contributed by atoms with Crippen molar-refractivity contribution < 1.29 is 4.74 Å². The summed E-state index contributed by atoms with van der Waals surface area (Å²) in [5.41, 5.74) is 7.98. The van der Waals surface area contributed by atoms with Gasteiger partial charge in [0.25, 0.3) is 0 Å². The lowest BCUT2D eigenvalue weighted by molar-refractivity contribution is 0.369. The summed E-state index contributed by atoms with van der Waals surface area (Å²) in [6.07, 6.45) is 0. The maximum Gasteiger partial charge on any atom is 0.216 e. The maximum absolute atomic E-state index is 6.04. The molecule has 19 heavy (non-hydrogen) atoms. The van der Waals surface area contributed by atoms with Crippen LogP contribution in [-0.2, 0) is 13.6 Å².